The van der Waals surface area contributed by atoms with Crippen molar-refractivity contribution in [1.29, 1.82) is 0 Å². The van der Waals surface area contributed by atoms with E-state index >= 15 is 0 Å². The fourth-order valence-corrected chi connectivity index (χ4v) is 4.04. The van der Waals surface area contributed by atoms with Gasteiger partial charge >= 0.3 is 6.02 Å². The second kappa shape index (κ2) is 5.20. The van der Waals surface area contributed by atoms with Crippen LogP contribution in [0.4, 0.5) is 0 Å². The average Bonchev–Trinajstić information content (AvgIpc) is 2.93. The molecular formula is C14H25N4O3+. The molecule has 4 N–H and O–H groups in total. The minimum Gasteiger partial charge on any atom is -0.414 e. The van der Waals surface area contributed by atoms with Crippen LogP contribution in [0.5, 0.6) is 0 Å². The van der Waals surface area contributed by atoms with Crippen molar-refractivity contribution in [2.75, 3.05) is 28.2 Å². The molecule has 2 saturated carbocycles. The quantitative estimate of drug-likeness (QED) is 0.394. The topological polar surface area (TPSA) is 102 Å². The van der Waals surface area contributed by atoms with Gasteiger partial charge in [0.1, 0.15) is 0 Å². The monoisotopic (exact) mass is 297 g/mol. The highest BCUT2D eigenvalue weighted by Crippen LogP contribution is 2.56. The Kier molecular flexibility index (Phi) is 3.86. The average molecular weight is 297 g/mol. The maximum absolute atomic E-state index is 12.2. The van der Waals surface area contributed by atoms with Gasteiger partial charge in [0.2, 0.25) is 11.5 Å². The first-order valence-electron chi connectivity index (χ1n) is 7.21. The summed E-state index contributed by atoms with van der Waals surface area (Å²) >= 11 is 0. The fourth-order valence-electron chi connectivity index (χ4n) is 4.04. The summed E-state index contributed by atoms with van der Waals surface area (Å²) in [5, 5.41) is 0. The van der Waals surface area contributed by atoms with E-state index in [2.05, 4.69) is 0 Å². The molecule has 0 spiro atoms. The Morgan fingerprint density at radius 1 is 1.24 bits per heavy atom. The first kappa shape index (κ1) is 15.6. The number of nitrogens with two attached hydrogens (primary N) is 2. The van der Waals surface area contributed by atoms with Crippen molar-refractivity contribution in [3.63, 3.8) is 0 Å². The molecule has 7 nitrogen and oxygen atoms in total. The second-order valence-corrected chi connectivity index (χ2v) is 6.48. The fraction of sp³-hybridized carbons (Fsp3) is 0.786. The maximum Gasteiger partial charge on any atom is 0.446 e. The predicted octanol–water partition coefficient (Wildman–Crippen LogP) is -1.05. The molecule has 2 fully saturated rings. The zero-order valence-electron chi connectivity index (χ0n) is 13.1. The van der Waals surface area contributed by atoms with Crippen LogP contribution in [0, 0.1) is 17.8 Å². The van der Waals surface area contributed by atoms with E-state index in [1.807, 2.05) is 28.2 Å². The largest absolute Gasteiger partial charge is 0.446 e. The number of carbonyl (C=O) groups is 2. The molecule has 0 aromatic carbocycles. The number of ether oxygens (including phenoxy) is 1. The third kappa shape index (κ3) is 2.24. The van der Waals surface area contributed by atoms with Crippen LogP contribution in [-0.2, 0) is 14.3 Å². The number of primary amides is 2. The zero-order valence-corrected chi connectivity index (χ0v) is 13.1. The predicted molar refractivity (Wildman–Crippen MR) is 77.3 cm³/mol. The molecule has 2 bridgehead atoms. The number of rotatable bonds is 3. The van der Waals surface area contributed by atoms with E-state index in [-0.39, 0.29) is 11.8 Å². The molecule has 0 saturated heterocycles. The third-order valence-corrected chi connectivity index (χ3v) is 4.73. The summed E-state index contributed by atoms with van der Waals surface area (Å²) in [7, 11) is 7.26. The van der Waals surface area contributed by atoms with Gasteiger partial charge in [-0.15, -0.1) is 0 Å². The van der Waals surface area contributed by atoms with Crippen molar-refractivity contribution >= 4 is 17.8 Å². The van der Waals surface area contributed by atoms with E-state index in [1.54, 1.807) is 9.48 Å². The van der Waals surface area contributed by atoms with E-state index in [4.69, 9.17) is 16.2 Å². The van der Waals surface area contributed by atoms with E-state index in [0.717, 1.165) is 19.3 Å². The molecule has 4 atom stereocenters. The highest BCUT2D eigenvalue weighted by Gasteiger charge is 2.67. The summed E-state index contributed by atoms with van der Waals surface area (Å²) in [5.41, 5.74) is 9.92. The number of amides is 2. The normalized spacial score (nSPS) is 33.6. The van der Waals surface area contributed by atoms with Crippen LogP contribution in [0.25, 0.3) is 0 Å². The van der Waals surface area contributed by atoms with Crippen LogP contribution in [0.3, 0.4) is 0 Å². The van der Waals surface area contributed by atoms with E-state index < -0.39 is 23.3 Å². The molecule has 0 heterocycles. The summed E-state index contributed by atoms with van der Waals surface area (Å²) in [5.74, 6) is -1.71. The number of hydrogen-bond donors (Lipinski definition) is 2. The van der Waals surface area contributed by atoms with Gasteiger partial charge < -0.3 is 16.2 Å². The molecule has 118 valence electrons. The lowest BCUT2D eigenvalue weighted by molar-refractivity contribution is -0.483. The molecule has 2 rings (SSSR count). The summed E-state index contributed by atoms with van der Waals surface area (Å²) in [6.45, 7) is 0. The number of carbonyl (C=O) groups excluding carboxylic acids is 2. The number of nitrogens with zero attached hydrogens (tertiary/aromatic N) is 2. The van der Waals surface area contributed by atoms with Crippen LogP contribution in [-0.4, -0.2) is 61.1 Å². The molecule has 4 unspecified atom stereocenters. The lowest BCUT2D eigenvalue weighted by Gasteiger charge is -2.39. The standard InChI is InChI=1S/C14H24N4O3/c1-17(2)13(18(3)4)21-14(12(16)20)9-6-5-8(7-9)10(14)11(15)19/h8-10H,5-7H2,1-4H3,(H3-,15,16,19,20)/p+1. The van der Waals surface area contributed by atoms with Gasteiger partial charge in [-0.05, 0) is 25.2 Å². The van der Waals surface area contributed by atoms with Gasteiger partial charge in [-0.25, -0.2) is 9.48 Å². The van der Waals surface area contributed by atoms with Crippen molar-refractivity contribution in [1.82, 2.24) is 4.90 Å². The summed E-state index contributed by atoms with van der Waals surface area (Å²) in [6.07, 6.45) is 2.51. The number of hydrogen-bond acceptors (Lipinski definition) is 3. The Hall–Kier alpha value is -1.79. The lowest BCUT2D eigenvalue weighted by atomic mass is 9.74. The van der Waals surface area contributed by atoms with Crippen LogP contribution in [0.15, 0.2) is 0 Å². The van der Waals surface area contributed by atoms with Crippen molar-refractivity contribution < 1.29 is 18.9 Å². The van der Waals surface area contributed by atoms with Crippen molar-refractivity contribution in [2.45, 2.75) is 24.9 Å². The molecule has 2 amide bonds. The summed E-state index contributed by atoms with van der Waals surface area (Å²) < 4.78 is 7.84. The van der Waals surface area contributed by atoms with Crippen molar-refractivity contribution in [3.05, 3.63) is 0 Å². The molecular weight excluding hydrogens is 272 g/mol. The molecule has 2 aliphatic carbocycles. The number of fused-ring (bicyclic) bond motifs is 2. The van der Waals surface area contributed by atoms with Gasteiger partial charge in [-0.1, -0.05) is 0 Å². The van der Waals surface area contributed by atoms with Gasteiger partial charge in [0.25, 0.3) is 5.91 Å². The molecule has 0 aliphatic heterocycles. The highest BCUT2D eigenvalue weighted by molar-refractivity contribution is 5.94. The zero-order chi connectivity index (χ0) is 15.9. The van der Waals surface area contributed by atoms with Gasteiger partial charge in [0.05, 0.1) is 34.1 Å². The van der Waals surface area contributed by atoms with Gasteiger partial charge in [0.15, 0.2) is 0 Å². The number of amidine groups is 1. The molecule has 0 radical (unpaired) electrons. The summed E-state index contributed by atoms with van der Waals surface area (Å²) in [4.78, 5) is 25.9. The first-order chi connectivity index (χ1) is 9.71. The van der Waals surface area contributed by atoms with E-state index in [9.17, 15) is 9.59 Å². The molecule has 0 aromatic rings. The Balaban J connectivity index is 2.48. The SMILES string of the molecule is CN(C)C(OC1(C(N)=O)C2CCC(C2)C1C(N)=O)=[N+](C)C. The summed E-state index contributed by atoms with van der Waals surface area (Å²) in [6, 6.07) is 0.493. The van der Waals surface area contributed by atoms with Crippen molar-refractivity contribution in [2.24, 2.45) is 29.2 Å². The van der Waals surface area contributed by atoms with Crippen LogP contribution in [0.1, 0.15) is 19.3 Å². The van der Waals surface area contributed by atoms with Crippen LogP contribution < -0.4 is 11.5 Å². The Morgan fingerprint density at radius 2 is 1.86 bits per heavy atom. The smallest absolute Gasteiger partial charge is 0.414 e. The Labute approximate surface area is 124 Å². The first-order valence-corrected chi connectivity index (χ1v) is 7.21. The second-order valence-electron chi connectivity index (χ2n) is 6.48. The minimum atomic E-state index is -1.32. The highest BCUT2D eigenvalue weighted by atomic mass is 16.5. The molecule has 7 heteroatoms. The molecule has 2 aliphatic rings. The molecule has 21 heavy (non-hydrogen) atoms. The van der Waals surface area contributed by atoms with Gasteiger partial charge in [0, 0.05) is 5.92 Å². The minimum absolute atomic E-state index is 0.0487. The van der Waals surface area contributed by atoms with Gasteiger partial charge in [-0.2, -0.15) is 0 Å². The van der Waals surface area contributed by atoms with Crippen molar-refractivity contribution in [3.8, 4) is 0 Å². The Bertz CT molecular complexity index is 498. The lowest BCUT2D eigenvalue weighted by Crippen LogP contribution is -2.61. The van der Waals surface area contributed by atoms with E-state index in [0.29, 0.717) is 6.02 Å². The van der Waals surface area contributed by atoms with Crippen LogP contribution in [0.2, 0.25) is 0 Å². The van der Waals surface area contributed by atoms with Gasteiger partial charge in [-0.3, -0.25) is 9.59 Å². The third-order valence-electron chi connectivity index (χ3n) is 4.73. The van der Waals surface area contributed by atoms with Crippen LogP contribution >= 0.6 is 0 Å². The maximum atomic E-state index is 12.2. The molecule has 0 aromatic heterocycles. The van der Waals surface area contributed by atoms with E-state index in [1.165, 1.54) is 0 Å². The Morgan fingerprint density at radius 3 is 2.29 bits per heavy atom.